The van der Waals surface area contributed by atoms with Gasteiger partial charge in [-0.1, -0.05) is 0 Å². The Kier molecular flexibility index (Phi) is 2.47. The maximum Gasteiger partial charge on any atom is 0.363 e. The fourth-order valence-corrected chi connectivity index (χ4v) is 1.24. The molecule has 0 fully saturated rings. The number of anilines is 1. The van der Waals surface area contributed by atoms with Crippen molar-refractivity contribution >= 4 is 11.6 Å². The highest BCUT2D eigenvalue weighted by molar-refractivity contribution is 5.62. The molecule has 0 aliphatic heterocycles. The Hall–Kier alpha value is -2.50. The fourth-order valence-electron chi connectivity index (χ4n) is 1.24. The lowest BCUT2D eigenvalue weighted by atomic mass is 10.1. The molecule has 2 aromatic rings. The fraction of sp³-hybridized carbons (Fsp3) is 0. The van der Waals surface area contributed by atoms with Gasteiger partial charge in [0.1, 0.15) is 12.0 Å². The monoisotopic (exact) mass is 216 g/mol. The summed E-state index contributed by atoms with van der Waals surface area (Å²) >= 11 is 0. The first-order chi connectivity index (χ1) is 7.66. The Labute approximate surface area is 90.9 Å². The average Bonchev–Trinajstić information content (AvgIpc) is 2.30. The van der Waals surface area contributed by atoms with Crippen molar-refractivity contribution in [2.24, 2.45) is 0 Å². The molecule has 0 atom stereocenters. The van der Waals surface area contributed by atoms with Gasteiger partial charge in [0.2, 0.25) is 0 Å². The molecule has 80 valence electrons. The molecule has 6 nitrogen and oxygen atoms in total. The quantitative estimate of drug-likeness (QED) is 0.608. The van der Waals surface area contributed by atoms with E-state index in [1.807, 2.05) is 0 Å². The van der Waals surface area contributed by atoms with E-state index in [-0.39, 0.29) is 5.82 Å². The topological polar surface area (TPSA) is 94.9 Å². The van der Waals surface area contributed by atoms with Crippen molar-refractivity contribution in [3.8, 4) is 11.1 Å². The largest absolute Gasteiger partial charge is 0.384 e. The van der Waals surface area contributed by atoms with E-state index in [1.54, 1.807) is 24.4 Å². The minimum absolute atomic E-state index is 0.174. The van der Waals surface area contributed by atoms with Crippen LogP contribution in [0, 0.1) is 10.1 Å². The zero-order valence-electron chi connectivity index (χ0n) is 8.20. The van der Waals surface area contributed by atoms with Crippen molar-refractivity contribution < 1.29 is 4.92 Å². The Morgan fingerprint density at radius 3 is 2.12 bits per heavy atom. The molecule has 2 rings (SSSR count). The van der Waals surface area contributed by atoms with Gasteiger partial charge in [0.25, 0.3) is 0 Å². The van der Waals surface area contributed by atoms with Crippen molar-refractivity contribution in [3.63, 3.8) is 0 Å². The number of nitro groups is 1. The van der Waals surface area contributed by atoms with Gasteiger partial charge in [0, 0.05) is 23.4 Å². The van der Waals surface area contributed by atoms with Crippen LogP contribution in [0.15, 0.2) is 36.7 Å². The van der Waals surface area contributed by atoms with Crippen molar-refractivity contribution in [1.82, 2.24) is 9.97 Å². The molecule has 0 spiro atoms. The number of nitrogen functional groups attached to an aromatic ring is 1. The van der Waals surface area contributed by atoms with Crippen molar-refractivity contribution in [2.45, 2.75) is 0 Å². The summed E-state index contributed by atoms with van der Waals surface area (Å²) in [4.78, 5) is 17.5. The second-order valence-corrected chi connectivity index (χ2v) is 3.13. The van der Waals surface area contributed by atoms with E-state index in [4.69, 9.17) is 5.73 Å². The number of nitrogens with zero attached hydrogens (tertiary/aromatic N) is 3. The van der Waals surface area contributed by atoms with E-state index < -0.39 is 4.92 Å². The Bertz CT molecular complexity index is 507. The Morgan fingerprint density at radius 2 is 1.69 bits per heavy atom. The molecule has 0 unspecified atom stereocenters. The van der Waals surface area contributed by atoms with Crippen LogP contribution in [0.5, 0.6) is 0 Å². The van der Waals surface area contributed by atoms with Crippen molar-refractivity contribution in [1.29, 1.82) is 0 Å². The summed E-state index contributed by atoms with van der Waals surface area (Å²) in [6, 6.07) is 6.42. The van der Waals surface area contributed by atoms with Gasteiger partial charge in [0.15, 0.2) is 0 Å². The van der Waals surface area contributed by atoms with E-state index in [9.17, 15) is 10.1 Å². The number of hydrogen-bond acceptors (Lipinski definition) is 5. The summed E-state index contributed by atoms with van der Waals surface area (Å²) in [5.74, 6) is 0.255. The van der Waals surface area contributed by atoms with Crippen LogP contribution >= 0.6 is 0 Å². The molecule has 0 aliphatic carbocycles. The van der Waals surface area contributed by atoms with Gasteiger partial charge in [0.05, 0.1) is 0 Å². The summed E-state index contributed by atoms with van der Waals surface area (Å²) < 4.78 is 0. The first-order valence-corrected chi connectivity index (χ1v) is 4.49. The normalized spacial score (nSPS) is 10.0. The Balaban J connectivity index is 2.34. The molecule has 0 aromatic carbocycles. The predicted octanol–water partition coefficient (Wildman–Crippen LogP) is 1.63. The standard InChI is InChI=1S/C10H8N4O2/c11-9-3-1-7(5-12-9)8-2-4-10(13-6-8)14(15)16/h1-6H,(H2,11,12). The third-order valence-corrected chi connectivity index (χ3v) is 2.05. The molecule has 2 aromatic heterocycles. The lowest BCUT2D eigenvalue weighted by molar-refractivity contribution is -0.389. The van der Waals surface area contributed by atoms with E-state index in [2.05, 4.69) is 9.97 Å². The van der Waals surface area contributed by atoms with E-state index in [0.29, 0.717) is 5.82 Å². The predicted molar refractivity (Wildman–Crippen MR) is 58.5 cm³/mol. The highest BCUT2D eigenvalue weighted by Gasteiger charge is 2.07. The van der Waals surface area contributed by atoms with Gasteiger partial charge in [-0.3, -0.25) is 0 Å². The first-order valence-electron chi connectivity index (χ1n) is 4.49. The first kappa shape index (κ1) is 10.0. The second-order valence-electron chi connectivity index (χ2n) is 3.13. The van der Waals surface area contributed by atoms with Crippen molar-refractivity contribution in [2.75, 3.05) is 5.73 Å². The van der Waals surface area contributed by atoms with Crippen LogP contribution in [0.1, 0.15) is 0 Å². The van der Waals surface area contributed by atoms with Crippen LogP contribution in [0.25, 0.3) is 11.1 Å². The van der Waals surface area contributed by atoms with Crippen LogP contribution in [0.4, 0.5) is 11.6 Å². The lowest BCUT2D eigenvalue weighted by Gasteiger charge is -1.99. The van der Waals surface area contributed by atoms with Gasteiger partial charge >= 0.3 is 5.82 Å². The van der Waals surface area contributed by atoms with Gasteiger partial charge in [-0.25, -0.2) is 4.98 Å². The summed E-state index contributed by atoms with van der Waals surface area (Å²) in [5, 5.41) is 10.4. The number of rotatable bonds is 2. The minimum Gasteiger partial charge on any atom is -0.384 e. The number of nitrogens with two attached hydrogens (primary N) is 1. The Morgan fingerprint density at radius 1 is 1.06 bits per heavy atom. The van der Waals surface area contributed by atoms with Crippen LogP contribution < -0.4 is 5.73 Å². The lowest BCUT2D eigenvalue weighted by Crippen LogP contribution is -1.92. The van der Waals surface area contributed by atoms with Gasteiger partial charge in [-0.05, 0) is 28.1 Å². The molecule has 0 amide bonds. The van der Waals surface area contributed by atoms with Crippen LogP contribution in [0.3, 0.4) is 0 Å². The summed E-state index contributed by atoms with van der Waals surface area (Å²) in [5.41, 5.74) is 7.03. The van der Waals surface area contributed by atoms with Crippen LogP contribution in [-0.4, -0.2) is 14.9 Å². The number of aromatic nitrogens is 2. The van der Waals surface area contributed by atoms with E-state index in [1.165, 1.54) is 12.3 Å². The molecule has 0 saturated carbocycles. The zero-order chi connectivity index (χ0) is 11.5. The maximum absolute atomic E-state index is 10.4. The molecule has 0 radical (unpaired) electrons. The molecular weight excluding hydrogens is 208 g/mol. The highest BCUT2D eigenvalue weighted by Crippen LogP contribution is 2.19. The molecular formula is C10H8N4O2. The summed E-state index contributed by atoms with van der Waals surface area (Å²) in [7, 11) is 0. The highest BCUT2D eigenvalue weighted by atomic mass is 16.6. The van der Waals surface area contributed by atoms with E-state index in [0.717, 1.165) is 11.1 Å². The van der Waals surface area contributed by atoms with Crippen LogP contribution in [-0.2, 0) is 0 Å². The maximum atomic E-state index is 10.4. The molecule has 2 heterocycles. The summed E-state index contributed by atoms with van der Waals surface area (Å²) in [6.45, 7) is 0. The van der Waals surface area contributed by atoms with E-state index >= 15 is 0 Å². The van der Waals surface area contributed by atoms with Crippen molar-refractivity contribution in [3.05, 3.63) is 46.8 Å². The second kappa shape index (κ2) is 3.93. The van der Waals surface area contributed by atoms with Gasteiger partial charge < -0.3 is 15.8 Å². The third-order valence-electron chi connectivity index (χ3n) is 2.05. The van der Waals surface area contributed by atoms with Gasteiger partial charge in [-0.15, -0.1) is 0 Å². The number of pyridine rings is 2. The minimum atomic E-state index is -0.537. The third kappa shape index (κ3) is 1.95. The SMILES string of the molecule is Nc1ccc(-c2ccc([N+](=O)[O-])nc2)cn1. The molecule has 0 bridgehead atoms. The summed E-state index contributed by atoms with van der Waals surface area (Å²) in [6.07, 6.45) is 3.03. The van der Waals surface area contributed by atoms with Gasteiger partial charge in [-0.2, -0.15) is 0 Å². The molecule has 16 heavy (non-hydrogen) atoms. The number of hydrogen-bond donors (Lipinski definition) is 1. The average molecular weight is 216 g/mol. The smallest absolute Gasteiger partial charge is 0.363 e. The van der Waals surface area contributed by atoms with Crippen LogP contribution in [0.2, 0.25) is 0 Å². The molecule has 0 aliphatic rings. The molecule has 0 saturated heterocycles. The molecule has 6 heteroatoms. The molecule has 2 N–H and O–H groups in total. The zero-order valence-corrected chi connectivity index (χ0v) is 8.20.